The van der Waals surface area contributed by atoms with Gasteiger partial charge in [0.1, 0.15) is 30.2 Å². The molecule has 0 aromatic rings. The predicted molar refractivity (Wildman–Crippen MR) is 197 cm³/mol. The second-order valence-corrected chi connectivity index (χ2v) is 14.3. The number of Topliss-reactive ketones (excluding diaryl/α,β-unsaturated/α-hetero) is 1. The van der Waals surface area contributed by atoms with E-state index in [0.717, 1.165) is 6.92 Å². The number of carbonyl (C=O) groups excluding carboxylic acids is 8. The van der Waals surface area contributed by atoms with Crippen molar-refractivity contribution in [3.05, 3.63) is 0 Å². The van der Waals surface area contributed by atoms with Gasteiger partial charge in [0, 0.05) is 32.9 Å². The minimum atomic E-state index is -1.51. The fourth-order valence-corrected chi connectivity index (χ4v) is 5.93. The van der Waals surface area contributed by atoms with Gasteiger partial charge >= 0.3 is 11.9 Å². The Kier molecular flexibility index (Phi) is 20.6. The van der Waals surface area contributed by atoms with Crippen LogP contribution in [0.25, 0.3) is 0 Å². The van der Waals surface area contributed by atoms with Gasteiger partial charge in [-0.25, -0.2) is 0 Å². The zero-order valence-electron chi connectivity index (χ0n) is 32.8. The van der Waals surface area contributed by atoms with Crippen molar-refractivity contribution in [2.24, 2.45) is 11.8 Å². The number of carboxylic acids is 2. The van der Waals surface area contributed by atoms with Gasteiger partial charge in [0.05, 0.1) is 6.04 Å². The molecule has 0 aromatic carbocycles. The first kappa shape index (κ1) is 47.9. The lowest BCUT2D eigenvalue weighted by Gasteiger charge is -2.33. The van der Waals surface area contributed by atoms with Gasteiger partial charge in [-0.3, -0.25) is 47.9 Å². The van der Waals surface area contributed by atoms with Gasteiger partial charge in [-0.2, -0.15) is 0 Å². The maximum Gasteiger partial charge on any atom is 0.303 e. The van der Waals surface area contributed by atoms with E-state index in [0.29, 0.717) is 25.8 Å². The number of amides is 7. The average molecular weight is 782 g/mol. The third-order valence-electron chi connectivity index (χ3n) is 8.91. The van der Waals surface area contributed by atoms with Crippen molar-refractivity contribution in [3.63, 3.8) is 0 Å². The number of aliphatic carboxylic acids is 2. The first-order chi connectivity index (χ1) is 25.7. The first-order valence-electron chi connectivity index (χ1n) is 18.8. The highest BCUT2D eigenvalue weighted by molar-refractivity contribution is 6.38. The molecule has 0 bridgehead atoms. The predicted octanol–water partition coefficient (Wildman–Crippen LogP) is -0.642. The molecule has 55 heavy (non-hydrogen) atoms. The number of likely N-dealkylation sites (tertiary alicyclic amines) is 1. The molecule has 1 heterocycles. The third kappa shape index (κ3) is 16.0. The van der Waals surface area contributed by atoms with E-state index in [4.69, 9.17) is 5.11 Å². The molecule has 1 rings (SSSR count). The summed E-state index contributed by atoms with van der Waals surface area (Å²) in [5, 5.41) is 33.4. The molecule has 0 saturated carbocycles. The van der Waals surface area contributed by atoms with E-state index < -0.39 is 126 Å². The zero-order valence-corrected chi connectivity index (χ0v) is 32.8. The molecule has 7 amide bonds. The van der Waals surface area contributed by atoms with Crippen molar-refractivity contribution < 1.29 is 58.2 Å². The Bertz CT molecular complexity index is 1420. The number of nitrogens with one attached hydrogen (secondary N) is 6. The van der Waals surface area contributed by atoms with Crippen LogP contribution in [-0.2, 0) is 47.9 Å². The quantitative estimate of drug-likeness (QED) is 0.0568. The molecular formula is C36H59N7O12. The van der Waals surface area contributed by atoms with Crippen molar-refractivity contribution >= 4 is 59.1 Å². The van der Waals surface area contributed by atoms with Crippen molar-refractivity contribution in [1.29, 1.82) is 0 Å². The standard InChI is InChI=1S/C36H59N7O12/c1-8-11-22(30(49)35(54)37-17-9-2)39-33(52)25-12-10-18-43(25)36(55)29(20(5)6)42-34(53)28(19(3)4)41-32(51)24(14-16-27(47)48)40-31(50)23(38-21(7)44)13-15-26(45)46/h19-20,22-25,28-29H,8-18H2,1-7H3,(H,37,54)(H,38,44)(H,39,52)(H,40,50)(H,41,51)(H,42,53)(H,45,46)(H,47,48)/t22-,23-,24-,25-,28-,29-/m0/s1. The average Bonchev–Trinajstić information content (AvgIpc) is 3.60. The van der Waals surface area contributed by atoms with Crippen LogP contribution in [0.3, 0.4) is 0 Å². The van der Waals surface area contributed by atoms with Gasteiger partial charge in [0.15, 0.2) is 0 Å². The number of ketones is 1. The summed E-state index contributed by atoms with van der Waals surface area (Å²) in [6.45, 7) is 11.8. The van der Waals surface area contributed by atoms with Gasteiger partial charge in [0.25, 0.3) is 5.91 Å². The monoisotopic (exact) mass is 781 g/mol. The van der Waals surface area contributed by atoms with E-state index in [1.807, 2.05) is 6.92 Å². The van der Waals surface area contributed by atoms with Crippen LogP contribution < -0.4 is 31.9 Å². The van der Waals surface area contributed by atoms with Crippen LogP contribution >= 0.6 is 0 Å². The Morgan fingerprint density at radius 1 is 0.655 bits per heavy atom. The highest BCUT2D eigenvalue weighted by atomic mass is 16.4. The summed E-state index contributed by atoms with van der Waals surface area (Å²) in [6, 6.07) is -7.38. The van der Waals surface area contributed by atoms with E-state index in [1.165, 1.54) is 4.90 Å². The van der Waals surface area contributed by atoms with Crippen LogP contribution in [0.4, 0.5) is 0 Å². The normalized spacial score (nSPS) is 16.5. The molecule has 310 valence electrons. The minimum absolute atomic E-state index is 0.181. The number of rotatable bonds is 24. The molecule has 0 unspecified atom stereocenters. The molecule has 0 aliphatic carbocycles. The highest BCUT2D eigenvalue weighted by Crippen LogP contribution is 2.21. The van der Waals surface area contributed by atoms with Crippen molar-refractivity contribution in [1.82, 2.24) is 36.8 Å². The molecule has 0 radical (unpaired) electrons. The third-order valence-corrected chi connectivity index (χ3v) is 8.91. The number of carboxylic acid groups (broad SMARTS) is 2. The largest absolute Gasteiger partial charge is 0.481 e. The Morgan fingerprint density at radius 3 is 1.67 bits per heavy atom. The summed E-state index contributed by atoms with van der Waals surface area (Å²) in [4.78, 5) is 128. The lowest BCUT2D eigenvalue weighted by molar-refractivity contribution is -0.144. The van der Waals surface area contributed by atoms with Crippen LogP contribution in [0.2, 0.25) is 0 Å². The summed E-state index contributed by atoms with van der Waals surface area (Å²) >= 11 is 0. The van der Waals surface area contributed by atoms with E-state index in [9.17, 15) is 53.1 Å². The van der Waals surface area contributed by atoms with Gasteiger partial charge in [-0.1, -0.05) is 48.0 Å². The molecule has 6 atom stereocenters. The Labute approximate surface area is 321 Å². The zero-order chi connectivity index (χ0) is 42.0. The molecule has 1 saturated heterocycles. The molecule has 1 aliphatic heterocycles. The molecule has 0 aromatic heterocycles. The summed E-state index contributed by atoms with van der Waals surface area (Å²) in [5.41, 5.74) is 0. The smallest absolute Gasteiger partial charge is 0.303 e. The topological polar surface area (TPSA) is 287 Å². The number of carbonyl (C=O) groups is 10. The molecule has 0 spiro atoms. The lowest BCUT2D eigenvalue weighted by Crippen LogP contribution is -2.61. The van der Waals surface area contributed by atoms with Crippen LogP contribution in [0, 0.1) is 11.8 Å². The molecule has 1 aliphatic rings. The first-order valence-corrected chi connectivity index (χ1v) is 18.8. The van der Waals surface area contributed by atoms with Crippen LogP contribution in [0.1, 0.15) is 106 Å². The molecule has 19 nitrogen and oxygen atoms in total. The van der Waals surface area contributed by atoms with Crippen LogP contribution in [-0.4, -0.2) is 124 Å². The van der Waals surface area contributed by atoms with Gasteiger partial charge in [-0.15, -0.1) is 0 Å². The maximum atomic E-state index is 14.0. The number of nitrogens with zero attached hydrogens (tertiary/aromatic N) is 1. The summed E-state index contributed by atoms with van der Waals surface area (Å²) in [7, 11) is 0. The van der Waals surface area contributed by atoms with E-state index in [1.54, 1.807) is 34.6 Å². The molecule has 8 N–H and O–H groups in total. The maximum absolute atomic E-state index is 14.0. The molecular weight excluding hydrogens is 722 g/mol. The Morgan fingerprint density at radius 2 is 1.18 bits per heavy atom. The van der Waals surface area contributed by atoms with Gasteiger partial charge in [-0.05, 0) is 50.4 Å². The van der Waals surface area contributed by atoms with Gasteiger partial charge in [0.2, 0.25) is 41.2 Å². The Hall–Kier alpha value is -5.10. The number of hydrogen-bond donors (Lipinski definition) is 8. The fourth-order valence-electron chi connectivity index (χ4n) is 5.93. The van der Waals surface area contributed by atoms with E-state index in [-0.39, 0.29) is 25.8 Å². The SMILES string of the molecule is CCCNC(=O)C(=O)[C@H](CCC)NC(=O)[C@@H]1CCCN1C(=O)[C@@H](NC(=O)[C@@H](NC(=O)[C@H](CCC(=O)O)NC(=O)[C@H](CCC(=O)O)NC(C)=O)C(C)C)C(C)C. The van der Waals surface area contributed by atoms with Gasteiger partial charge < -0.3 is 47.0 Å². The highest BCUT2D eigenvalue weighted by Gasteiger charge is 2.41. The Balaban J connectivity index is 3.22. The second kappa shape index (κ2) is 23.6. The molecule has 19 heteroatoms. The summed E-state index contributed by atoms with van der Waals surface area (Å²) in [6.07, 6.45) is 0.271. The van der Waals surface area contributed by atoms with E-state index >= 15 is 0 Å². The summed E-state index contributed by atoms with van der Waals surface area (Å²) in [5.74, 6) is -9.69. The molecule has 1 fully saturated rings. The van der Waals surface area contributed by atoms with Crippen LogP contribution in [0.15, 0.2) is 0 Å². The summed E-state index contributed by atoms with van der Waals surface area (Å²) < 4.78 is 0. The minimum Gasteiger partial charge on any atom is -0.481 e. The van der Waals surface area contributed by atoms with Crippen molar-refractivity contribution in [2.75, 3.05) is 13.1 Å². The lowest BCUT2D eigenvalue weighted by atomic mass is 9.98. The fraction of sp³-hybridized carbons (Fsp3) is 0.722. The van der Waals surface area contributed by atoms with Crippen molar-refractivity contribution in [3.8, 4) is 0 Å². The van der Waals surface area contributed by atoms with E-state index in [2.05, 4.69) is 31.9 Å². The number of hydrogen-bond acceptors (Lipinski definition) is 10. The second-order valence-electron chi connectivity index (χ2n) is 14.3. The van der Waals surface area contributed by atoms with Crippen LogP contribution in [0.5, 0.6) is 0 Å². The van der Waals surface area contributed by atoms with Crippen molar-refractivity contribution in [2.45, 2.75) is 143 Å².